The maximum Gasteiger partial charge on any atom is 0.0566 e. The molecule has 0 heterocycles. The molecule has 0 amide bonds. The van der Waals surface area contributed by atoms with E-state index in [2.05, 4.69) is 38.1 Å². The van der Waals surface area contributed by atoms with Crippen LogP contribution in [-0.2, 0) is 6.42 Å². The maximum absolute atomic E-state index is 9.88. The summed E-state index contributed by atoms with van der Waals surface area (Å²) < 4.78 is 0. The van der Waals surface area contributed by atoms with Crippen LogP contribution in [0, 0.1) is 11.8 Å². The fourth-order valence-corrected chi connectivity index (χ4v) is 2.47. The molecule has 1 aromatic rings. The van der Waals surface area contributed by atoms with Crippen LogP contribution in [0.25, 0.3) is 0 Å². The fraction of sp³-hybridized carbons (Fsp3) is 0.600. The summed E-state index contributed by atoms with van der Waals surface area (Å²) >= 11 is 0. The topological polar surface area (TPSA) is 46.2 Å². The Morgan fingerprint density at radius 1 is 1.35 bits per heavy atom. The zero-order chi connectivity index (χ0) is 12.5. The van der Waals surface area contributed by atoms with Crippen molar-refractivity contribution in [3.05, 3.63) is 35.9 Å². The molecule has 0 bridgehead atoms. The molecule has 17 heavy (non-hydrogen) atoms. The lowest BCUT2D eigenvalue weighted by molar-refractivity contribution is 0.107. The molecule has 0 spiro atoms. The zero-order valence-electron chi connectivity index (χ0n) is 10.8. The summed E-state index contributed by atoms with van der Waals surface area (Å²) in [6.07, 6.45) is 2.62. The van der Waals surface area contributed by atoms with Gasteiger partial charge in [-0.1, -0.05) is 44.2 Å². The number of hydrogen-bond donors (Lipinski definition) is 2. The zero-order valence-corrected chi connectivity index (χ0v) is 10.8. The van der Waals surface area contributed by atoms with Crippen LogP contribution in [0.1, 0.15) is 32.3 Å². The van der Waals surface area contributed by atoms with Crippen LogP contribution in [0.4, 0.5) is 0 Å². The summed E-state index contributed by atoms with van der Waals surface area (Å²) in [5.74, 6) is 0.816. The molecule has 3 N–H and O–H groups in total. The Kier molecular flexibility index (Phi) is 3.55. The van der Waals surface area contributed by atoms with Crippen molar-refractivity contribution < 1.29 is 5.11 Å². The van der Waals surface area contributed by atoms with Gasteiger partial charge in [0.25, 0.3) is 0 Å². The van der Waals surface area contributed by atoms with E-state index in [-0.39, 0.29) is 11.6 Å². The lowest BCUT2D eigenvalue weighted by Gasteiger charge is -2.17. The SMILES string of the molecule is CC(C)C(O)C[C@@H]1C[C@@]1(N)Cc1ccccc1. The monoisotopic (exact) mass is 233 g/mol. The van der Waals surface area contributed by atoms with E-state index in [0.29, 0.717) is 11.8 Å². The van der Waals surface area contributed by atoms with E-state index >= 15 is 0 Å². The highest BCUT2D eigenvalue weighted by atomic mass is 16.3. The largest absolute Gasteiger partial charge is 0.393 e. The molecule has 0 saturated heterocycles. The number of benzene rings is 1. The van der Waals surface area contributed by atoms with Gasteiger partial charge in [0.2, 0.25) is 0 Å². The van der Waals surface area contributed by atoms with E-state index in [1.165, 1.54) is 5.56 Å². The molecular weight excluding hydrogens is 210 g/mol. The molecule has 1 unspecified atom stereocenters. The van der Waals surface area contributed by atoms with E-state index in [0.717, 1.165) is 19.3 Å². The van der Waals surface area contributed by atoms with Crippen molar-refractivity contribution in [2.24, 2.45) is 17.6 Å². The fourth-order valence-electron chi connectivity index (χ4n) is 2.47. The molecule has 1 aliphatic carbocycles. The average molecular weight is 233 g/mol. The highest BCUT2D eigenvalue weighted by molar-refractivity contribution is 5.22. The lowest BCUT2D eigenvalue weighted by Crippen LogP contribution is -2.29. The summed E-state index contributed by atoms with van der Waals surface area (Å²) in [5.41, 5.74) is 7.59. The number of aliphatic hydroxyl groups excluding tert-OH is 1. The average Bonchev–Trinajstić information content (AvgIpc) is 2.89. The summed E-state index contributed by atoms with van der Waals surface area (Å²) in [5, 5.41) is 9.88. The van der Waals surface area contributed by atoms with Gasteiger partial charge in [-0.3, -0.25) is 0 Å². The Morgan fingerprint density at radius 2 is 2.00 bits per heavy atom. The third-order valence-corrected chi connectivity index (χ3v) is 3.95. The molecule has 0 aliphatic heterocycles. The van der Waals surface area contributed by atoms with E-state index in [4.69, 9.17) is 5.73 Å². The maximum atomic E-state index is 9.88. The minimum Gasteiger partial charge on any atom is -0.393 e. The van der Waals surface area contributed by atoms with Crippen molar-refractivity contribution in [1.82, 2.24) is 0 Å². The molecular formula is C15H23NO. The van der Waals surface area contributed by atoms with Gasteiger partial charge in [0.05, 0.1) is 6.10 Å². The molecule has 1 fully saturated rings. The van der Waals surface area contributed by atoms with Gasteiger partial charge in [-0.15, -0.1) is 0 Å². The van der Waals surface area contributed by atoms with Crippen LogP contribution in [-0.4, -0.2) is 16.7 Å². The van der Waals surface area contributed by atoms with Crippen LogP contribution in [0.2, 0.25) is 0 Å². The molecule has 2 nitrogen and oxygen atoms in total. The van der Waals surface area contributed by atoms with Crippen LogP contribution in [0.15, 0.2) is 30.3 Å². The van der Waals surface area contributed by atoms with Crippen LogP contribution >= 0.6 is 0 Å². The van der Waals surface area contributed by atoms with Gasteiger partial charge in [-0.05, 0) is 36.7 Å². The van der Waals surface area contributed by atoms with E-state index in [9.17, 15) is 5.11 Å². The van der Waals surface area contributed by atoms with Crippen molar-refractivity contribution in [1.29, 1.82) is 0 Å². The Bertz CT molecular complexity index is 362. The molecule has 94 valence electrons. The van der Waals surface area contributed by atoms with Gasteiger partial charge in [0, 0.05) is 5.54 Å². The highest BCUT2D eigenvalue weighted by Crippen LogP contribution is 2.47. The van der Waals surface area contributed by atoms with Crippen LogP contribution in [0.3, 0.4) is 0 Å². The van der Waals surface area contributed by atoms with E-state index in [1.54, 1.807) is 0 Å². The Balaban J connectivity index is 1.87. The van der Waals surface area contributed by atoms with E-state index in [1.807, 2.05) is 6.07 Å². The first-order chi connectivity index (χ1) is 8.01. The number of aliphatic hydroxyl groups is 1. The normalized spacial score (nSPS) is 29.4. The van der Waals surface area contributed by atoms with Gasteiger partial charge in [0.1, 0.15) is 0 Å². The summed E-state index contributed by atoms with van der Waals surface area (Å²) in [6.45, 7) is 4.12. The standard InChI is InChI=1S/C15H23NO/c1-11(2)14(17)8-13-10-15(13,16)9-12-6-4-3-5-7-12/h3-7,11,13-14,17H,8-10,16H2,1-2H3/t13-,14?,15+/m1/s1. The molecule has 3 atom stereocenters. The Morgan fingerprint density at radius 3 is 2.59 bits per heavy atom. The Labute approximate surface area is 104 Å². The van der Waals surface area contributed by atoms with E-state index < -0.39 is 0 Å². The molecule has 0 aromatic heterocycles. The van der Waals surface area contributed by atoms with Gasteiger partial charge in [-0.25, -0.2) is 0 Å². The second kappa shape index (κ2) is 4.79. The molecule has 2 heteroatoms. The first-order valence-corrected chi connectivity index (χ1v) is 6.52. The summed E-state index contributed by atoms with van der Waals surface area (Å²) in [7, 11) is 0. The quantitative estimate of drug-likeness (QED) is 0.820. The molecule has 2 rings (SSSR count). The van der Waals surface area contributed by atoms with Gasteiger partial charge in [0.15, 0.2) is 0 Å². The smallest absolute Gasteiger partial charge is 0.0566 e. The number of nitrogens with two attached hydrogens (primary N) is 1. The lowest BCUT2D eigenvalue weighted by atomic mass is 9.97. The Hall–Kier alpha value is -0.860. The second-order valence-corrected chi connectivity index (χ2v) is 5.84. The highest BCUT2D eigenvalue weighted by Gasteiger charge is 2.51. The van der Waals surface area contributed by atoms with Crippen molar-refractivity contribution in [2.45, 2.75) is 44.8 Å². The number of rotatable bonds is 5. The van der Waals surface area contributed by atoms with Crippen LogP contribution < -0.4 is 5.73 Å². The second-order valence-electron chi connectivity index (χ2n) is 5.84. The molecule has 1 saturated carbocycles. The molecule has 1 aromatic carbocycles. The predicted octanol–water partition coefficient (Wildman–Crippen LogP) is 2.35. The first kappa shape index (κ1) is 12.6. The summed E-state index contributed by atoms with van der Waals surface area (Å²) in [6, 6.07) is 10.4. The third kappa shape index (κ3) is 3.08. The predicted molar refractivity (Wildman–Crippen MR) is 70.6 cm³/mol. The third-order valence-electron chi connectivity index (χ3n) is 3.95. The minimum absolute atomic E-state index is 0.0722. The first-order valence-electron chi connectivity index (χ1n) is 6.52. The van der Waals surface area contributed by atoms with Gasteiger partial charge < -0.3 is 10.8 Å². The van der Waals surface area contributed by atoms with Crippen molar-refractivity contribution in [3.63, 3.8) is 0 Å². The summed E-state index contributed by atoms with van der Waals surface area (Å²) in [4.78, 5) is 0. The molecule has 0 radical (unpaired) electrons. The minimum atomic E-state index is -0.207. The van der Waals surface area contributed by atoms with Gasteiger partial charge >= 0.3 is 0 Å². The van der Waals surface area contributed by atoms with Crippen molar-refractivity contribution in [3.8, 4) is 0 Å². The van der Waals surface area contributed by atoms with Crippen molar-refractivity contribution in [2.75, 3.05) is 0 Å². The van der Waals surface area contributed by atoms with Crippen LogP contribution in [0.5, 0.6) is 0 Å². The molecule has 1 aliphatic rings. The number of hydrogen-bond acceptors (Lipinski definition) is 2. The van der Waals surface area contributed by atoms with Crippen molar-refractivity contribution >= 4 is 0 Å². The van der Waals surface area contributed by atoms with Gasteiger partial charge in [-0.2, -0.15) is 0 Å².